The third-order valence-corrected chi connectivity index (χ3v) is 5.77. The molecule has 2 atom stereocenters. The van der Waals surface area contributed by atoms with Gasteiger partial charge in [0.1, 0.15) is 0 Å². The van der Waals surface area contributed by atoms with E-state index in [2.05, 4.69) is 9.62 Å². The van der Waals surface area contributed by atoms with Crippen LogP contribution in [-0.2, 0) is 16.6 Å². The second-order valence-electron chi connectivity index (χ2n) is 5.67. The zero-order valence-corrected chi connectivity index (χ0v) is 13.8. The number of hydrogen-bond acceptors (Lipinski definition) is 4. The van der Waals surface area contributed by atoms with Gasteiger partial charge in [0, 0.05) is 17.6 Å². The summed E-state index contributed by atoms with van der Waals surface area (Å²) in [5, 5.41) is 9.56. The average Bonchev–Trinajstić information content (AvgIpc) is 2.42. The smallest absolute Gasteiger partial charge is 0.240 e. The Balaban J connectivity index is 2.18. The third-order valence-electron chi connectivity index (χ3n) is 3.91. The first kappa shape index (κ1) is 16.7. The van der Waals surface area contributed by atoms with E-state index in [1.165, 1.54) is 18.2 Å². The molecule has 0 radical (unpaired) electrons. The van der Waals surface area contributed by atoms with Crippen LogP contribution < -0.4 is 4.72 Å². The molecular formula is C14H21ClN2O3S. The van der Waals surface area contributed by atoms with Gasteiger partial charge in [0.2, 0.25) is 10.0 Å². The molecule has 21 heavy (non-hydrogen) atoms. The summed E-state index contributed by atoms with van der Waals surface area (Å²) in [7, 11) is -1.56. The van der Waals surface area contributed by atoms with E-state index in [1.54, 1.807) is 0 Å². The van der Waals surface area contributed by atoms with Gasteiger partial charge in [0.25, 0.3) is 0 Å². The summed E-state index contributed by atoms with van der Waals surface area (Å²) in [6.07, 6.45) is 0.789. The maximum atomic E-state index is 12.5. The molecule has 1 aromatic carbocycles. The number of hydrogen-bond donors (Lipinski definition) is 2. The van der Waals surface area contributed by atoms with Crippen LogP contribution in [0.25, 0.3) is 0 Å². The van der Waals surface area contributed by atoms with Gasteiger partial charge < -0.3 is 10.0 Å². The Hall–Kier alpha value is -0.660. The Morgan fingerprint density at radius 1 is 1.48 bits per heavy atom. The Labute approximate surface area is 131 Å². The molecule has 1 aliphatic rings. The van der Waals surface area contributed by atoms with E-state index >= 15 is 0 Å². The summed E-state index contributed by atoms with van der Waals surface area (Å²) in [6.45, 7) is 3.51. The maximum absolute atomic E-state index is 12.5. The van der Waals surface area contributed by atoms with Crippen LogP contribution in [-0.4, -0.2) is 44.6 Å². The van der Waals surface area contributed by atoms with Gasteiger partial charge in [-0.3, -0.25) is 0 Å². The molecule has 0 aromatic heterocycles. The minimum Gasteiger partial charge on any atom is -0.392 e. The molecule has 1 aromatic rings. The molecule has 5 nitrogen and oxygen atoms in total. The molecule has 2 N–H and O–H groups in total. The molecule has 0 bridgehead atoms. The Kier molecular flexibility index (Phi) is 5.27. The summed E-state index contributed by atoms with van der Waals surface area (Å²) >= 11 is 5.90. The summed E-state index contributed by atoms with van der Waals surface area (Å²) in [5.74, 6) is 0.253. The first-order chi connectivity index (χ1) is 9.83. The fourth-order valence-electron chi connectivity index (χ4n) is 2.64. The van der Waals surface area contributed by atoms with Crippen LogP contribution in [0.2, 0.25) is 5.02 Å². The molecule has 118 valence electrons. The van der Waals surface area contributed by atoms with Gasteiger partial charge in [-0.1, -0.05) is 18.5 Å². The quantitative estimate of drug-likeness (QED) is 0.875. The number of aliphatic hydroxyl groups excluding tert-OH is 1. The molecule has 1 heterocycles. The summed E-state index contributed by atoms with van der Waals surface area (Å²) in [5.41, 5.74) is 0.413. The molecule has 0 amide bonds. The lowest BCUT2D eigenvalue weighted by atomic mass is 9.95. The van der Waals surface area contributed by atoms with Crippen molar-refractivity contribution in [3.05, 3.63) is 28.8 Å². The van der Waals surface area contributed by atoms with Crippen LogP contribution in [0.3, 0.4) is 0 Å². The monoisotopic (exact) mass is 332 g/mol. The van der Waals surface area contributed by atoms with Crippen LogP contribution in [0, 0.1) is 5.92 Å². The molecule has 0 saturated carbocycles. The molecule has 0 spiro atoms. The second-order valence-corrected chi connectivity index (χ2v) is 7.79. The minimum atomic E-state index is -3.60. The Morgan fingerprint density at radius 2 is 2.19 bits per heavy atom. The van der Waals surface area contributed by atoms with Crippen LogP contribution in [0.15, 0.2) is 23.1 Å². The highest BCUT2D eigenvalue weighted by atomic mass is 35.5. The maximum Gasteiger partial charge on any atom is 0.240 e. The molecule has 1 fully saturated rings. The molecule has 1 saturated heterocycles. The van der Waals surface area contributed by atoms with Gasteiger partial charge in [-0.2, -0.15) is 0 Å². The van der Waals surface area contributed by atoms with Crippen molar-refractivity contribution >= 4 is 21.6 Å². The van der Waals surface area contributed by atoms with Gasteiger partial charge in [-0.05, 0) is 49.7 Å². The van der Waals surface area contributed by atoms with Crippen molar-refractivity contribution in [3.63, 3.8) is 0 Å². The average molecular weight is 333 g/mol. The zero-order valence-electron chi connectivity index (χ0n) is 12.2. The van der Waals surface area contributed by atoms with E-state index < -0.39 is 10.0 Å². The number of nitrogens with one attached hydrogen (secondary N) is 1. The van der Waals surface area contributed by atoms with E-state index in [4.69, 9.17) is 11.6 Å². The molecule has 1 aliphatic heterocycles. The summed E-state index contributed by atoms with van der Waals surface area (Å²) in [6, 6.07) is 4.31. The molecule has 2 rings (SSSR count). The Bertz CT molecular complexity index is 606. The van der Waals surface area contributed by atoms with E-state index in [0.717, 1.165) is 19.5 Å². The minimum absolute atomic E-state index is 0.0699. The fourth-order valence-corrected chi connectivity index (χ4v) is 4.24. The highest BCUT2D eigenvalue weighted by molar-refractivity contribution is 7.89. The number of sulfonamides is 1. The van der Waals surface area contributed by atoms with Crippen molar-refractivity contribution in [1.29, 1.82) is 0 Å². The Morgan fingerprint density at radius 3 is 2.81 bits per heavy atom. The number of piperidine rings is 1. The molecule has 2 unspecified atom stereocenters. The molecule has 7 heteroatoms. The fraction of sp³-hybridized carbons (Fsp3) is 0.571. The normalized spacial score (nSPS) is 24.2. The highest BCUT2D eigenvalue weighted by Gasteiger charge is 2.28. The van der Waals surface area contributed by atoms with Crippen LogP contribution in [0.4, 0.5) is 0 Å². The van der Waals surface area contributed by atoms with Crippen LogP contribution >= 0.6 is 11.6 Å². The number of halogens is 1. The molecular weight excluding hydrogens is 312 g/mol. The number of aliphatic hydroxyl groups is 1. The SMILES string of the molecule is CC1CN(C)CCC1NS(=O)(=O)c1ccc(Cl)c(CO)c1. The van der Waals surface area contributed by atoms with E-state index in [1.807, 2.05) is 14.0 Å². The lowest BCUT2D eigenvalue weighted by Gasteiger charge is -2.34. The second kappa shape index (κ2) is 6.62. The van der Waals surface area contributed by atoms with E-state index in [-0.39, 0.29) is 23.5 Å². The first-order valence-corrected chi connectivity index (χ1v) is 8.80. The van der Waals surface area contributed by atoms with Gasteiger partial charge in [0.15, 0.2) is 0 Å². The topological polar surface area (TPSA) is 69.6 Å². The number of benzene rings is 1. The third kappa shape index (κ3) is 3.96. The van der Waals surface area contributed by atoms with Crippen LogP contribution in [0.5, 0.6) is 0 Å². The first-order valence-electron chi connectivity index (χ1n) is 6.93. The summed E-state index contributed by atoms with van der Waals surface area (Å²) < 4.78 is 27.7. The van der Waals surface area contributed by atoms with Gasteiger partial charge in [0.05, 0.1) is 11.5 Å². The summed E-state index contributed by atoms with van der Waals surface area (Å²) in [4.78, 5) is 2.34. The number of likely N-dealkylation sites (tertiary alicyclic amines) is 1. The zero-order chi connectivity index (χ0) is 15.6. The van der Waals surface area contributed by atoms with E-state index in [0.29, 0.717) is 10.6 Å². The predicted molar refractivity (Wildman–Crippen MR) is 82.8 cm³/mol. The number of rotatable bonds is 4. The van der Waals surface area contributed by atoms with Gasteiger partial charge in [-0.25, -0.2) is 13.1 Å². The lowest BCUT2D eigenvalue weighted by molar-refractivity contribution is 0.188. The lowest BCUT2D eigenvalue weighted by Crippen LogP contribution is -2.48. The largest absolute Gasteiger partial charge is 0.392 e. The van der Waals surface area contributed by atoms with E-state index in [9.17, 15) is 13.5 Å². The van der Waals surface area contributed by atoms with Crippen molar-refractivity contribution in [2.24, 2.45) is 5.92 Å². The predicted octanol–water partition coefficient (Wildman–Crippen LogP) is 1.45. The van der Waals surface area contributed by atoms with Crippen molar-refractivity contribution in [2.75, 3.05) is 20.1 Å². The van der Waals surface area contributed by atoms with Crippen molar-refractivity contribution in [2.45, 2.75) is 30.9 Å². The van der Waals surface area contributed by atoms with Crippen molar-refractivity contribution < 1.29 is 13.5 Å². The molecule has 0 aliphatic carbocycles. The standard InChI is InChI=1S/C14H21ClN2O3S/c1-10-8-17(2)6-5-14(10)16-21(19,20)12-3-4-13(15)11(7-12)9-18/h3-4,7,10,14,16,18H,5-6,8-9H2,1-2H3. The van der Waals surface area contributed by atoms with Crippen molar-refractivity contribution in [1.82, 2.24) is 9.62 Å². The highest BCUT2D eigenvalue weighted by Crippen LogP contribution is 2.22. The van der Waals surface area contributed by atoms with Crippen molar-refractivity contribution in [3.8, 4) is 0 Å². The van der Waals surface area contributed by atoms with Gasteiger partial charge >= 0.3 is 0 Å². The number of nitrogens with zero attached hydrogens (tertiary/aromatic N) is 1. The van der Waals surface area contributed by atoms with Crippen LogP contribution in [0.1, 0.15) is 18.9 Å². The van der Waals surface area contributed by atoms with Gasteiger partial charge in [-0.15, -0.1) is 0 Å².